The molecule has 2 amide bonds. The molecule has 0 bridgehead atoms. The van der Waals surface area contributed by atoms with E-state index in [1.807, 2.05) is 26.1 Å². The van der Waals surface area contributed by atoms with Crippen molar-refractivity contribution in [2.24, 2.45) is 0 Å². The molecule has 2 heterocycles. The molecule has 6 heteroatoms. The fraction of sp³-hybridized carbons (Fsp3) is 0.400. The van der Waals surface area contributed by atoms with Gasteiger partial charge in [0.1, 0.15) is 0 Å². The van der Waals surface area contributed by atoms with E-state index in [1.165, 1.54) is 5.69 Å². The number of hydrogen-bond acceptors (Lipinski definition) is 4. The van der Waals surface area contributed by atoms with Crippen LogP contribution in [0.3, 0.4) is 0 Å². The summed E-state index contributed by atoms with van der Waals surface area (Å²) < 4.78 is 5.39. The van der Waals surface area contributed by atoms with Gasteiger partial charge in [-0.25, -0.2) is 4.79 Å². The number of anilines is 1. The molecule has 2 aromatic rings. The number of pyridine rings is 1. The van der Waals surface area contributed by atoms with E-state index in [1.54, 1.807) is 17.3 Å². The average Bonchev–Trinajstić information content (AvgIpc) is 2.70. The molecule has 138 valence electrons. The number of nitrogens with zero attached hydrogens (tertiary/aromatic N) is 3. The molecule has 26 heavy (non-hydrogen) atoms. The first kappa shape index (κ1) is 18.2. The van der Waals surface area contributed by atoms with E-state index >= 15 is 0 Å². The molecule has 0 spiro atoms. The Kier molecular flexibility index (Phi) is 6.07. The van der Waals surface area contributed by atoms with Crippen LogP contribution < -0.4 is 10.2 Å². The van der Waals surface area contributed by atoms with Crippen molar-refractivity contribution in [1.82, 2.24) is 15.2 Å². The van der Waals surface area contributed by atoms with Crippen LogP contribution in [0.1, 0.15) is 24.1 Å². The number of benzene rings is 1. The van der Waals surface area contributed by atoms with Gasteiger partial charge in [0.05, 0.1) is 19.3 Å². The number of rotatable bonds is 5. The van der Waals surface area contributed by atoms with Crippen LogP contribution in [0.4, 0.5) is 10.5 Å². The van der Waals surface area contributed by atoms with E-state index in [-0.39, 0.29) is 12.1 Å². The molecule has 1 N–H and O–H groups in total. The minimum atomic E-state index is -0.0911. The number of urea groups is 1. The topological polar surface area (TPSA) is 57.7 Å². The molecule has 1 atom stereocenters. The van der Waals surface area contributed by atoms with Crippen LogP contribution in [0.15, 0.2) is 48.8 Å². The molecular weight excluding hydrogens is 328 g/mol. The molecule has 0 radical (unpaired) electrons. The number of amides is 2. The van der Waals surface area contributed by atoms with Crippen LogP contribution in [0, 0.1) is 0 Å². The number of aromatic nitrogens is 1. The summed E-state index contributed by atoms with van der Waals surface area (Å²) in [5, 5.41) is 3.02. The van der Waals surface area contributed by atoms with Crippen molar-refractivity contribution in [2.45, 2.75) is 19.5 Å². The molecule has 1 fully saturated rings. The van der Waals surface area contributed by atoms with E-state index in [2.05, 4.69) is 39.5 Å². The minimum absolute atomic E-state index is 0.0587. The summed E-state index contributed by atoms with van der Waals surface area (Å²) in [5.41, 5.74) is 3.35. The molecule has 1 aromatic heterocycles. The molecule has 0 aliphatic carbocycles. The van der Waals surface area contributed by atoms with Crippen LogP contribution in [-0.4, -0.2) is 49.3 Å². The second kappa shape index (κ2) is 8.67. The Morgan fingerprint density at radius 1 is 1.19 bits per heavy atom. The Balaban J connectivity index is 1.53. The lowest BCUT2D eigenvalue weighted by atomic mass is 10.1. The average molecular weight is 354 g/mol. The summed E-state index contributed by atoms with van der Waals surface area (Å²) >= 11 is 0. The lowest BCUT2D eigenvalue weighted by Crippen LogP contribution is -2.38. The molecule has 1 saturated heterocycles. The van der Waals surface area contributed by atoms with E-state index in [9.17, 15) is 4.79 Å². The highest BCUT2D eigenvalue weighted by Gasteiger charge is 2.14. The molecule has 0 saturated carbocycles. The van der Waals surface area contributed by atoms with Crippen LogP contribution in [0.5, 0.6) is 0 Å². The van der Waals surface area contributed by atoms with Crippen LogP contribution in [0.2, 0.25) is 0 Å². The normalized spacial score (nSPS) is 15.4. The van der Waals surface area contributed by atoms with Crippen molar-refractivity contribution in [3.63, 3.8) is 0 Å². The van der Waals surface area contributed by atoms with E-state index in [0.717, 1.165) is 37.4 Å². The van der Waals surface area contributed by atoms with Gasteiger partial charge in [-0.15, -0.1) is 0 Å². The maximum absolute atomic E-state index is 12.4. The number of morpholine rings is 1. The van der Waals surface area contributed by atoms with Crippen LogP contribution in [-0.2, 0) is 11.3 Å². The van der Waals surface area contributed by atoms with Crippen molar-refractivity contribution in [3.05, 3.63) is 59.9 Å². The van der Waals surface area contributed by atoms with Crippen molar-refractivity contribution < 1.29 is 9.53 Å². The van der Waals surface area contributed by atoms with E-state index in [4.69, 9.17) is 4.74 Å². The van der Waals surface area contributed by atoms with Gasteiger partial charge in [0.2, 0.25) is 0 Å². The lowest BCUT2D eigenvalue weighted by Gasteiger charge is -2.29. The minimum Gasteiger partial charge on any atom is -0.378 e. The zero-order valence-electron chi connectivity index (χ0n) is 15.4. The van der Waals surface area contributed by atoms with Gasteiger partial charge in [-0.05, 0) is 42.3 Å². The maximum Gasteiger partial charge on any atom is 0.317 e. The number of ether oxygens (including phenoxy) is 1. The molecule has 6 nitrogen and oxygen atoms in total. The van der Waals surface area contributed by atoms with Gasteiger partial charge in [-0.3, -0.25) is 4.98 Å². The second-order valence-corrected chi connectivity index (χ2v) is 6.57. The number of carbonyl (C=O) groups is 1. The monoisotopic (exact) mass is 354 g/mol. The Labute approximate surface area is 154 Å². The molecular formula is C20H26N4O2. The fourth-order valence-corrected chi connectivity index (χ4v) is 3.01. The van der Waals surface area contributed by atoms with Crippen molar-refractivity contribution in [2.75, 3.05) is 38.3 Å². The Morgan fingerprint density at radius 3 is 2.50 bits per heavy atom. The van der Waals surface area contributed by atoms with Gasteiger partial charge in [0, 0.05) is 44.8 Å². The quantitative estimate of drug-likeness (QED) is 0.897. The van der Waals surface area contributed by atoms with Gasteiger partial charge in [-0.2, -0.15) is 0 Å². The van der Waals surface area contributed by atoms with Crippen molar-refractivity contribution in [1.29, 1.82) is 0 Å². The van der Waals surface area contributed by atoms with Crippen molar-refractivity contribution in [3.8, 4) is 0 Å². The predicted molar refractivity (Wildman–Crippen MR) is 102 cm³/mol. The highest BCUT2D eigenvalue weighted by Crippen LogP contribution is 2.17. The summed E-state index contributed by atoms with van der Waals surface area (Å²) in [6.45, 7) is 5.94. The number of carbonyl (C=O) groups excluding carboxylic acids is 1. The van der Waals surface area contributed by atoms with Gasteiger partial charge in [0.25, 0.3) is 0 Å². The maximum atomic E-state index is 12.4. The van der Waals surface area contributed by atoms with Gasteiger partial charge >= 0.3 is 6.03 Å². The summed E-state index contributed by atoms with van der Waals surface area (Å²) in [7, 11) is 1.81. The third kappa shape index (κ3) is 4.73. The third-order valence-corrected chi connectivity index (χ3v) is 4.63. The van der Waals surface area contributed by atoms with Gasteiger partial charge < -0.3 is 19.9 Å². The Bertz CT molecular complexity index is 700. The number of nitrogens with one attached hydrogen (secondary N) is 1. The van der Waals surface area contributed by atoms with Crippen LogP contribution >= 0.6 is 0 Å². The largest absolute Gasteiger partial charge is 0.378 e. The zero-order chi connectivity index (χ0) is 18.4. The zero-order valence-corrected chi connectivity index (χ0v) is 15.4. The second-order valence-electron chi connectivity index (χ2n) is 6.57. The SMILES string of the molecule is CC(NC(=O)N(C)Cc1ccc(N2CCOCC2)cc1)c1ccncc1. The first-order valence-electron chi connectivity index (χ1n) is 8.96. The van der Waals surface area contributed by atoms with Crippen LogP contribution in [0.25, 0.3) is 0 Å². The molecule has 1 aromatic carbocycles. The molecule has 1 unspecified atom stereocenters. The standard InChI is InChI=1S/C20H26N4O2/c1-16(18-7-9-21-10-8-18)22-20(25)23(2)15-17-3-5-19(6-4-17)24-11-13-26-14-12-24/h3-10,16H,11-15H2,1-2H3,(H,22,25). The predicted octanol–water partition coefficient (Wildman–Crippen LogP) is 2.82. The van der Waals surface area contributed by atoms with E-state index in [0.29, 0.717) is 6.54 Å². The Hall–Kier alpha value is -2.60. The summed E-state index contributed by atoms with van der Waals surface area (Å²) in [5.74, 6) is 0. The highest BCUT2D eigenvalue weighted by molar-refractivity contribution is 5.74. The fourth-order valence-electron chi connectivity index (χ4n) is 3.01. The molecule has 1 aliphatic heterocycles. The summed E-state index contributed by atoms with van der Waals surface area (Å²) in [4.78, 5) is 20.4. The van der Waals surface area contributed by atoms with Gasteiger partial charge in [0.15, 0.2) is 0 Å². The lowest BCUT2D eigenvalue weighted by molar-refractivity contribution is 0.122. The van der Waals surface area contributed by atoms with Crippen molar-refractivity contribution >= 4 is 11.7 Å². The first-order valence-corrected chi connectivity index (χ1v) is 8.96. The molecule has 3 rings (SSSR count). The Morgan fingerprint density at radius 2 is 1.85 bits per heavy atom. The summed E-state index contributed by atoms with van der Waals surface area (Å²) in [6.07, 6.45) is 3.47. The number of hydrogen-bond donors (Lipinski definition) is 1. The smallest absolute Gasteiger partial charge is 0.317 e. The van der Waals surface area contributed by atoms with Gasteiger partial charge in [-0.1, -0.05) is 12.1 Å². The summed E-state index contributed by atoms with van der Waals surface area (Å²) in [6, 6.07) is 12.1. The van der Waals surface area contributed by atoms with E-state index < -0.39 is 0 Å². The first-order chi connectivity index (χ1) is 12.6. The highest BCUT2D eigenvalue weighted by atomic mass is 16.5. The third-order valence-electron chi connectivity index (χ3n) is 4.63. The molecule has 1 aliphatic rings.